The zero-order valence-corrected chi connectivity index (χ0v) is 8.55. The number of rotatable bonds is 2. The Hall–Kier alpha value is -1.00. The summed E-state index contributed by atoms with van der Waals surface area (Å²) in [4.78, 5) is 0. The molecule has 1 aromatic rings. The third-order valence-electron chi connectivity index (χ3n) is 2.03. The molecule has 0 heterocycles. The van der Waals surface area contributed by atoms with Crippen molar-refractivity contribution < 1.29 is 0 Å². The summed E-state index contributed by atoms with van der Waals surface area (Å²) in [6.45, 7) is 4.09. The average Bonchev–Trinajstić information content (AvgIpc) is 2.09. The highest BCUT2D eigenvalue weighted by Gasteiger charge is 2.13. The van der Waals surface area contributed by atoms with Crippen LogP contribution in [0.2, 0.25) is 5.02 Å². The summed E-state index contributed by atoms with van der Waals surface area (Å²) in [5.41, 5.74) is 1.04. The Morgan fingerprint density at radius 3 is 2.15 bits per heavy atom. The molecule has 0 aliphatic rings. The molecule has 1 nitrogen and oxygen atoms in total. The molecule has 0 aliphatic heterocycles. The van der Waals surface area contributed by atoms with Crippen LogP contribution in [0.1, 0.15) is 25.3 Å². The minimum absolute atomic E-state index is 0.0303. The first kappa shape index (κ1) is 10.1. The highest BCUT2D eigenvalue weighted by Crippen LogP contribution is 2.24. The number of hydrogen-bond acceptors (Lipinski definition) is 1. The zero-order valence-electron chi connectivity index (χ0n) is 7.79. The van der Waals surface area contributed by atoms with Crippen LogP contribution in [0.25, 0.3) is 0 Å². The van der Waals surface area contributed by atoms with Gasteiger partial charge in [0, 0.05) is 5.02 Å². The lowest BCUT2D eigenvalue weighted by Gasteiger charge is -2.12. The molecule has 0 aromatic heterocycles. The Kier molecular flexibility index (Phi) is 3.33. The second-order valence-corrected chi connectivity index (χ2v) is 3.84. The van der Waals surface area contributed by atoms with E-state index in [0.29, 0.717) is 10.9 Å². The zero-order chi connectivity index (χ0) is 9.84. The number of hydrogen-bond donors (Lipinski definition) is 0. The molecule has 0 N–H and O–H groups in total. The molecule has 1 atom stereocenters. The molecule has 2 heteroatoms. The van der Waals surface area contributed by atoms with Crippen LogP contribution in [0, 0.1) is 17.2 Å². The fourth-order valence-electron chi connectivity index (χ4n) is 1.28. The maximum atomic E-state index is 8.94. The van der Waals surface area contributed by atoms with Gasteiger partial charge in [0.2, 0.25) is 0 Å². The molecule has 0 radical (unpaired) electrons. The molecule has 0 fully saturated rings. The van der Waals surface area contributed by atoms with E-state index in [4.69, 9.17) is 16.9 Å². The molecule has 13 heavy (non-hydrogen) atoms. The summed E-state index contributed by atoms with van der Waals surface area (Å²) in [7, 11) is 0. The Balaban J connectivity index is 2.94. The molecular weight excluding hydrogens is 182 g/mol. The summed E-state index contributed by atoms with van der Waals surface area (Å²) in [6.07, 6.45) is 0. The average molecular weight is 194 g/mol. The standard InChI is InChI=1S/C11H12ClN/c1-8(2)11(7-13)9-3-5-10(12)6-4-9/h3-6,8,11H,1-2H3. The number of nitriles is 1. The molecule has 1 aromatic carbocycles. The Morgan fingerprint density at radius 1 is 1.23 bits per heavy atom. The van der Waals surface area contributed by atoms with Crippen molar-refractivity contribution in [1.29, 1.82) is 5.26 Å². The van der Waals surface area contributed by atoms with Gasteiger partial charge < -0.3 is 0 Å². The van der Waals surface area contributed by atoms with Crippen molar-refractivity contribution in [3.63, 3.8) is 0 Å². The van der Waals surface area contributed by atoms with Crippen molar-refractivity contribution in [2.75, 3.05) is 0 Å². The fraction of sp³-hybridized carbons (Fsp3) is 0.364. The smallest absolute Gasteiger partial charge is 0.0735 e. The first-order chi connectivity index (χ1) is 6.15. The first-order valence-electron chi connectivity index (χ1n) is 4.30. The van der Waals surface area contributed by atoms with Crippen LogP contribution in [0.5, 0.6) is 0 Å². The van der Waals surface area contributed by atoms with Crippen LogP contribution in [-0.4, -0.2) is 0 Å². The van der Waals surface area contributed by atoms with Gasteiger partial charge in [0.15, 0.2) is 0 Å². The lowest BCUT2D eigenvalue weighted by atomic mass is 9.90. The molecule has 0 saturated carbocycles. The summed E-state index contributed by atoms with van der Waals surface area (Å²) in [5.74, 6) is 0.309. The Morgan fingerprint density at radius 2 is 1.77 bits per heavy atom. The van der Waals surface area contributed by atoms with Crippen LogP contribution in [0.4, 0.5) is 0 Å². The summed E-state index contributed by atoms with van der Waals surface area (Å²) >= 11 is 5.76. The quantitative estimate of drug-likeness (QED) is 0.704. The first-order valence-corrected chi connectivity index (χ1v) is 4.68. The molecule has 1 unspecified atom stereocenters. The van der Waals surface area contributed by atoms with E-state index >= 15 is 0 Å². The maximum Gasteiger partial charge on any atom is 0.0735 e. The van der Waals surface area contributed by atoms with Crippen molar-refractivity contribution in [2.45, 2.75) is 19.8 Å². The van der Waals surface area contributed by atoms with Crippen LogP contribution < -0.4 is 0 Å². The van der Waals surface area contributed by atoms with Gasteiger partial charge in [0.25, 0.3) is 0 Å². The fourth-order valence-corrected chi connectivity index (χ4v) is 1.40. The summed E-state index contributed by atoms with van der Waals surface area (Å²) < 4.78 is 0. The van der Waals surface area contributed by atoms with Crippen molar-refractivity contribution in [3.05, 3.63) is 34.9 Å². The number of nitrogens with zero attached hydrogens (tertiary/aromatic N) is 1. The van der Waals surface area contributed by atoms with E-state index < -0.39 is 0 Å². The predicted octanol–water partition coefficient (Wildman–Crippen LogP) is 3.60. The lowest BCUT2D eigenvalue weighted by molar-refractivity contribution is 0.587. The normalized spacial score (nSPS) is 12.5. The molecule has 1 rings (SSSR count). The lowest BCUT2D eigenvalue weighted by Crippen LogP contribution is -2.03. The van der Waals surface area contributed by atoms with Crippen molar-refractivity contribution in [3.8, 4) is 6.07 Å². The highest BCUT2D eigenvalue weighted by molar-refractivity contribution is 6.30. The largest absolute Gasteiger partial charge is 0.198 e. The van der Waals surface area contributed by atoms with E-state index in [1.807, 2.05) is 38.1 Å². The molecule has 0 amide bonds. The molecular formula is C11H12ClN. The second kappa shape index (κ2) is 4.30. The van der Waals surface area contributed by atoms with E-state index in [0.717, 1.165) is 5.56 Å². The van der Waals surface area contributed by atoms with Crippen LogP contribution >= 0.6 is 11.6 Å². The van der Waals surface area contributed by atoms with Gasteiger partial charge in [0.05, 0.1) is 12.0 Å². The van der Waals surface area contributed by atoms with Gasteiger partial charge in [-0.25, -0.2) is 0 Å². The summed E-state index contributed by atoms with van der Waals surface area (Å²) in [6, 6.07) is 9.77. The predicted molar refractivity (Wildman–Crippen MR) is 54.6 cm³/mol. The van der Waals surface area contributed by atoms with E-state index in [9.17, 15) is 0 Å². The molecule has 0 spiro atoms. The number of halogens is 1. The molecule has 0 aliphatic carbocycles. The summed E-state index contributed by atoms with van der Waals surface area (Å²) in [5, 5.41) is 9.65. The van der Waals surface area contributed by atoms with Crippen LogP contribution in [0.15, 0.2) is 24.3 Å². The Bertz CT molecular complexity index is 308. The van der Waals surface area contributed by atoms with Gasteiger partial charge in [-0.15, -0.1) is 0 Å². The third kappa shape index (κ3) is 2.47. The third-order valence-corrected chi connectivity index (χ3v) is 2.29. The van der Waals surface area contributed by atoms with Crippen LogP contribution in [0.3, 0.4) is 0 Å². The van der Waals surface area contributed by atoms with Crippen molar-refractivity contribution in [2.24, 2.45) is 5.92 Å². The van der Waals surface area contributed by atoms with Gasteiger partial charge in [-0.05, 0) is 23.6 Å². The van der Waals surface area contributed by atoms with E-state index in [1.54, 1.807) is 0 Å². The topological polar surface area (TPSA) is 23.8 Å². The van der Waals surface area contributed by atoms with Gasteiger partial charge in [0.1, 0.15) is 0 Å². The number of benzene rings is 1. The molecule has 0 bridgehead atoms. The van der Waals surface area contributed by atoms with E-state index in [-0.39, 0.29) is 5.92 Å². The SMILES string of the molecule is CC(C)C(C#N)c1ccc(Cl)cc1. The maximum absolute atomic E-state index is 8.94. The van der Waals surface area contributed by atoms with Gasteiger partial charge in [-0.1, -0.05) is 37.6 Å². The monoisotopic (exact) mass is 193 g/mol. The van der Waals surface area contributed by atoms with Gasteiger partial charge >= 0.3 is 0 Å². The minimum Gasteiger partial charge on any atom is -0.198 e. The highest BCUT2D eigenvalue weighted by atomic mass is 35.5. The minimum atomic E-state index is -0.0303. The van der Waals surface area contributed by atoms with Crippen LogP contribution in [-0.2, 0) is 0 Å². The second-order valence-electron chi connectivity index (χ2n) is 3.40. The Labute approximate surface area is 84.0 Å². The van der Waals surface area contributed by atoms with Crippen molar-refractivity contribution in [1.82, 2.24) is 0 Å². The van der Waals surface area contributed by atoms with E-state index in [1.165, 1.54) is 0 Å². The van der Waals surface area contributed by atoms with Crippen molar-refractivity contribution >= 4 is 11.6 Å². The molecule has 68 valence electrons. The molecule has 0 saturated heterocycles. The van der Waals surface area contributed by atoms with Gasteiger partial charge in [-0.3, -0.25) is 0 Å². The van der Waals surface area contributed by atoms with Gasteiger partial charge in [-0.2, -0.15) is 5.26 Å². The van der Waals surface area contributed by atoms with E-state index in [2.05, 4.69) is 6.07 Å².